The first-order chi connectivity index (χ1) is 6.27. The van der Waals surface area contributed by atoms with E-state index in [1.165, 1.54) is 38.5 Å². The molecule has 0 saturated heterocycles. The van der Waals surface area contributed by atoms with Crippen LogP contribution in [0.3, 0.4) is 0 Å². The van der Waals surface area contributed by atoms with Crippen LogP contribution < -0.4 is 5.32 Å². The fourth-order valence-electron chi connectivity index (χ4n) is 2.19. The molecule has 0 aliphatic heterocycles. The van der Waals surface area contributed by atoms with Crippen LogP contribution in [-0.2, 0) is 0 Å². The summed E-state index contributed by atoms with van der Waals surface area (Å²) >= 11 is 0. The lowest BCUT2D eigenvalue weighted by Crippen LogP contribution is -2.32. The van der Waals surface area contributed by atoms with Gasteiger partial charge in [-0.15, -0.1) is 0 Å². The Labute approximate surface area is 83.3 Å². The maximum absolute atomic E-state index is 3.47. The van der Waals surface area contributed by atoms with E-state index in [4.69, 9.17) is 0 Å². The van der Waals surface area contributed by atoms with Crippen molar-refractivity contribution in [2.24, 2.45) is 11.8 Å². The summed E-state index contributed by atoms with van der Waals surface area (Å²) in [6.45, 7) is 4.67. The highest BCUT2D eigenvalue weighted by molar-refractivity contribution is 4.78. The molecule has 0 aromatic carbocycles. The molecule has 1 nitrogen and oxygen atoms in total. The minimum Gasteiger partial charge on any atom is -0.317 e. The molecule has 0 bridgehead atoms. The largest absolute Gasteiger partial charge is 0.317 e. The molecule has 2 unspecified atom stereocenters. The van der Waals surface area contributed by atoms with Gasteiger partial charge in [0.2, 0.25) is 0 Å². The van der Waals surface area contributed by atoms with Crippen LogP contribution in [0.15, 0.2) is 0 Å². The van der Waals surface area contributed by atoms with Gasteiger partial charge in [-0.3, -0.25) is 0 Å². The van der Waals surface area contributed by atoms with E-state index in [0.29, 0.717) is 0 Å². The molecule has 0 spiro atoms. The summed E-state index contributed by atoms with van der Waals surface area (Å²) in [5, 5.41) is 3.47. The minimum absolute atomic E-state index is 0.764. The van der Waals surface area contributed by atoms with Gasteiger partial charge in [-0.05, 0) is 38.1 Å². The predicted molar refractivity (Wildman–Crippen MR) is 58.9 cm³/mol. The number of hydrogen-bond donors (Lipinski definition) is 1. The molecule has 78 valence electrons. The molecule has 1 saturated carbocycles. The summed E-state index contributed by atoms with van der Waals surface area (Å²) in [7, 11) is 2.11. The molecule has 1 heteroatoms. The third-order valence-electron chi connectivity index (χ3n) is 3.38. The topological polar surface area (TPSA) is 12.0 Å². The van der Waals surface area contributed by atoms with E-state index in [0.717, 1.165) is 17.9 Å². The van der Waals surface area contributed by atoms with Crippen molar-refractivity contribution in [1.82, 2.24) is 5.32 Å². The van der Waals surface area contributed by atoms with Gasteiger partial charge in [0.1, 0.15) is 0 Å². The van der Waals surface area contributed by atoms with Crippen molar-refractivity contribution in [2.75, 3.05) is 7.05 Å². The molecule has 0 radical (unpaired) electrons. The lowest BCUT2D eigenvalue weighted by Gasteiger charge is -2.23. The maximum Gasteiger partial charge on any atom is 0.00897 e. The van der Waals surface area contributed by atoms with Gasteiger partial charge in [0.05, 0.1) is 0 Å². The van der Waals surface area contributed by atoms with Gasteiger partial charge in [-0.25, -0.2) is 0 Å². The van der Waals surface area contributed by atoms with E-state index in [2.05, 4.69) is 26.2 Å². The molecule has 1 rings (SSSR count). The summed E-state index contributed by atoms with van der Waals surface area (Å²) in [4.78, 5) is 0. The van der Waals surface area contributed by atoms with Crippen LogP contribution in [0.2, 0.25) is 0 Å². The average Bonchev–Trinajstić information content (AvgIpc) is 2.89. The molecule has 0 aromatic rings. The highest BCUT2D eigenvalue weighted by Gasteiger charge is 2.23. The Morgan fingerprint density at radius 3 is 2.46 bits per heavy atom. The van der Waals surface area contributed by atoms with Gasteiger partial charge >= 0.3 is 0 Å². The van der Waals surface area contributed by atoms with E-state index in [-0.39, 0.29) is 0 Å². The minimum atomic E-state index is 0.764. The fraction of sp³-hybridized carbons (Fsp3) is 1.00. The summed E-state index contributed by atoms with van der Waals surface area (Å²) in [5.74, 6) is 1.94. The highest BCUT2D eigenvalue weighted by atomic mass is 14.9. The Morgan fingerprint density at radius 1 is 1.31 bits per heavy atom. The molecular formula is C12H25N. The van der Waals surface area contributed by atoms with Crippen molar-refractivity contribution in [1.29, 1.82) is 0 Å². The Balaban J connectivity index is 2.14. The third kappa shape index (κ3) is 4.12. The zero-order valence-electron chi connectivity index (χ0n) is 9.47. The smallest absolute Gasteiger partial charge is 0.00897 e. The average molecular weight is 183 g/mol. The number of nitrogens with one attached hydrogen (secondary N) is 1. The van der Waals surface area contributed by atoms with Crippen LogP contribution in [-0.4, -0.2) is 13.1 Å². The van der Waals surface area contributed by atoms with E-state index < -0.39 is 0 Å². The lowest BCUT2D eigenvalue weighted by atomic mass is 9.92. The molecule has 0 heterocycles. The van der Waals surface area contributed by atoms with Crippen LogP contribution in [0.5, 0.6) is 0 Å². The summed E-state index contributed by atoms with van der Waals surface area (Å²) < 4.78 is 0. The second kappa shape index (κ2) is 5.64. The van der Waals surface area contributed by atoms with E-state index in [9.17, 15) is 0 Å². The Bertz CT molecular complexity index is 129. The van der Waals surface area contributed by atoms with Crippen molar-refractivity contribution in [3.05, 3.63) is 0 Å². The first-order valence-corrected chi connectivity index (χ1v) is 5.95. The molecule has 13 heavy (non-hydrogen) atoms. The standard InChI is InChI=1S/C12H25N/c1-4-5-10(2)12(13-3)9-8-11-6-7-11/h10-13H,4-9H2,1-3H3. The van der Waals surface area contributed by atoms with Crippen molar-refractivity contribution >= 4 is 0 Å². The molecule has 0 aromatic heterocycles. The van der Waals surface area contributed by atoms with Gasteiger partial charge in [-0.2, -0.15) is 0 Å². The summed E-state index contributed by atoms with van der Waals surface area (Å²) in [6, 6.07) is 0.764. The molecule has 1 fully saturated rings. The van der Waals surface area contributed by atoms with Crippen LogP contribution in [0.1, 0.15) is 52.4 Å². The monoisotopic (exact) mass is 183 g/mol. The van der Waals surface area contributed by atoms with Gasteiger partial charge in [0.15, 0.2) is 0 Å². The van der Waals surface area contributed by atoms with E-state index >= 15 is 0 Å². The molecule has 2 atom stereocenters. The molecule has 1 N–H and O–H groups in total. The van der Waals surface area contributed by atoms with Crippen molar-refractivity contribution in [2.45, 2.75) is 58.4 Å². The predicted octanol–water partition coefficient (Wildman–Crippen LogP) is 3.20. The number of rotatable bonds is 7. The van der Waals surface area contributed by atoms with E-state index in [1.807, 2.05) is 0 Å². The number of hydrogen-bond acceptors (Lipinski definition) is 1. The first kappa shape index (κ1) is 11.0. The molecule has 0 amide bonds. The molecule has 1 aliphatic rings. The van der Waals surface area contributed by atoms with Crippen molar-refractivity contribution in [3.63, 3.8) is 0 Å². The van der Waals surface area contributed by atoms with E-state index in [1.54, 1.807) is 0 Å². The normalized spacial score (nSPS) is 21.5. The van der Waals surface area contributed by atoms with Gasteiger partial charge in [-0.1, -0.05) is 33.1 Å². The quantitative estimate of drug-likeness (QED) is 0.639. The van der Waals surface area contributed by atoms with Gasteiger partial charge in [0, 0.05) is 6.04 Å². The lowest BCUT2D eigenvalue weighted by molar-refractivity contribution is 0.343. The Morgan fingerprint density at radius 2 is 2.00 bits per heavy atom. The zero-order valence-corrected chi connectivity index (χ0v) is 9.47. The Kier molecular flexibility index (Phi) is 4.79. The van der Waals surface area contributed by atoms with Crippen LogP contribution >= 0.6 is 0 Å². The maximum atomic E-state index is 3.47. The second-order valence-electron chi connectivity index (χ2n) is 4.68. The SMILES string of the molecule is CCCC(C)C(CCC1CC1)NC. The molecular weight excluding hydrogens is 158 g/mol. The van der Waals surface area contributed by atoms with Crippen LogP contribution in [0.25, 0.3) is 0 Å². The zero-order chi connectivity index (χ0) is 9.68. The third-order valence-corrected chi connectivity index (χ3v) is 3.38. The second-order valence-corrected chi connectivity index (χ2v) is 4.68. The fourth-order valence-corrected chi connectivity index (χ4v) is 2.19. The van der Waals surface area contributed by atoms with Crippen LogP contribution in [0.4, 0.5) is 0 Å². The first-order valence-electron chi connectivity index (χ1n) is 5.95. The highest BCUT2D eigenvalue weighted by Crippen LogP contribution is 2.34. The van der Waals surface area contributed by atoms with Crippen molar-refractivity contribution < 1.29 is 0 Å². The van der Waals surface area contributed by atoms with Gasteiger partial charge < -0.3 is 5.32 Å². The molecule has 1 aliphatic carbocycles. The van der Waals surface area contributed by atoms with Crippen LogP contribution in [0, 0.1) is 11.8 Å². The van der Waals surface area contributed by atoms with Crippen molar-refractivity contribution in [3.8, 4) is 0 Å². The summed E-state index contributed by atoms with van der Waals surface area (Å²) in [6.07, 6.45) is 8.54. The van der Waals surface area contributed by atoms with Gasteiger partial charge in [0.25, 0.3) is 0 Å². The summed E-state index contributed by atoms with van der Waals surface area (Å²) in [5.41, 5.74) is 0. The Hall–Kier alpha value is -0.0400.